The van der Waals surface area contributed by atoms with E-state index in [1.807, 2.05) is 52.0 Å². The molecule has 0 spiro atoms. The molecule has 0 aliphatic carbocycles. The second kappa shape index (κ2) is 9.35. The van der Waals surface area contributed by atoms with E-state index in [-0.39, 0.29) is 16.8 Å². The van der Waals surface area contributed by atoms with Crippen LogP contribution >= 0.6 is 0 Å². The van der Waals surface area contributed by atoms with Crippen LogP contribution in [0.15, 0.2) is 71.6 Å². The van der Waals surface area contributed by atoms with Gasteiger partial charge in [-0.1, -0.05) is 54.4 Å². The predicted molar refractivity (Wildman–Crippen MR) is 125 cm³/mol. The van der Waals surface area contributed by atoms with Gasteiger partial charge in [-0.2, -0.15) is 0 Å². The van der Waals surface area contributed by atoms with Crippen LogP contribution in [0, 0.1) is 20.8 Å². The van der Waals surface area contributed by atoms with Crippen LogP contribution in [0.5, 0.6) is 0 Å². The number of aryl methyl sites for hydroxylation is 3. The van der Waals surface area contributed by atoms with Gasteiger partial charge in [0, 0.05) is 11.3 Å². The van der Waals surface area contributed by atoms with E-state index in [2.05, 4.69) is 16.1 Å². The molecule has 0 aromatic heterocycles. The highest BCUT2D eigenvalue weighted by atomic mass is 32.2. The Morgan fingerprint density at radius 3 is 2.23 bits per heavy atom. The Morgan fingerprint density at radius 1 is 0.903 bits per heavy atom. The molecule has 0 aliphatic rings. The van der Waals surface area contributed by atoms with Crippen LogP contribution in [0.1, 0.15) is 52.0 Å². The summed E-state index contributed by atoms with van der Waals surface area (Å²) in [5.41, 5.74) is 5.16. The molecule has 5 nitrogen and oxygen atoms in total. The number of hydrogen-bond acceptors (Lipinski definition) is 3. The second-order valence-corrected chi connectivity index (χ2v) is 9.48. The van der Waals surface area contributed by atoms with E-state index in [0.29, 0.717) is 11.3 Å². The van der Waals surface area contributed by atoms with Gasteiger partial charge in [0.25, 0.3) is 15.9 Å². The third-order valence-electron chi connectivity index (χ3n) is 5.22. The molecule has 0 heterocycles. The van der Waals surface area contributed by atoms with Gasteiger partial charge in [-0.25, -0.2) is 8.42 Å². The Morgan fingerprint density at radius 2 is 1.58 bits per heavy atom. The number of carbonyl (C=O) groups is 1. The first-order valence-electron chi connectivity index (χ1n) is 10.3. The largest absolute Gasteiger partial charge is 0.345 e. The Hall–Kier alpha value is -3.12. The first-order valence-corrected chi connectivity index (χ1v) is 11.8. The number of nitrogens with one attached hydrogen (secondary N) is 2. The molecule has 3 aromatic carbocycles. The Kier molecular flexibility index (Phi) is 6.81. The minimum atomic E-state index is -3.81. The lowest BCUT2D eigenvalue weighted by atomic mass is 9.97. The minimum absolute atomic E-state index is 0.0419. The summed E-state index contributed by atoms with van der Waals surface area (Å²) < 4.78 is 28.1. The topological polar surface area (TPSA) is 75.3 Å². The van der Waals surface area contributed by atoms with Crippen molar-refractivity contribution in [2.24, 2.45) is 0 Å². The molecule has 31 heavy (non-hydrogen) atoms. The molecule has 0 aliphatic heterocycles. The zero-order valence-electron chi connectivity index (χ0n) is 18.3. The number of hydrogen-bond donors (Lipinski definition) is 2. The lowest BCUT2D eigenvalue weighted by molar-refractivity contribution is 0.0935. The maximum Gasteiger partial charge on any atom is 0.261 e. The number of benzene rings is 3. The average molecular weight is 437 g/mol. The fourth-order valence-electron chi connectivity index (χ4n) is 3.50. The van der Waals surface area contributed by atoms with E-state index in [0.717, 1.165) is 23.1 Å². The van der Waals surface area contributed by atoms with Gasteiger partial charge in [0.15, 0.2) is 0 Å². The average Bonchev–Trinajstić information content (AvgIpc) is 2.74. The molecule has 3 aromatic rings. The van der Waals surface area contributed by atoms with Crippen LogP contribution in [0.3, 0.4) is 0 Å². The normalized spacial score (nSPS) is 12.3. The molecule has 6 heteroatoms. The van der Waals surface area contributed by atoms with E-state index >= 15 is 0 Å². The summed E-state index contributed by atoms with van der Waals surface area (Å²) in [5, 5.41) is 3.04. The van der Waals surface area contributed by atoms with Gasteiger partial charge in [-0.05, 0) is 68.7 Å². The maximum absolute atomic E-state index is 12.9. The number of anilines is 1. The van der Waals surface area contributed by atoms with Gasteiger partial charge in [0.1, 0.15) is 0 Å². The molecule has 1 amide bonds. The Bertz CT molecular complexity index is 1190. The van der Waals surface area contributed by atoms with E-state index in [1.54, 1.807) is 24.3 Å². The summed E-state index contributed by atoms with van der Waals surface area (Å²) in [6.45, 7) is 8.01. The summed E-state index contributed by atoms with van der Waals surface area (Å²) in [6.07, 6.45) is 0.725. The Labute approximate surface area is 184 Å². The van der Waals surface area contributed by atoms with Crippen LogP contribution in [0.2, 0.25) is 0 Å². The first-order chi connectivity index (χ1) is 14.7. The quantitative estimate of drug-likeness (QED) is 0.528. The van der Waals surface area contributed by atoms with E-state index in [4.69, 9.17) is 0 Å². The summed E-state index contributed by atoms with van der Waals surface area (Å²) in [7, 11) is -3.81. The van der Waals surface area contributed by atoms with Crippen LogP contribution in [-0.2, 0) is 10.0 Å². The number of carbonyl (C=O) groups excluding carboxylic acids is 1. The van der Waals surface area contributed by atoms with Crippen molar-refractivity contribution in [1.29, 1.82) is 0 Å². The zero-order valence-corrected chi connectivity index (χ0v) is 19.1. The van der Waals surface area contributed by atoms with Gasteiger partial charge >= 0.3 is 0 Å². The number of rotatable bonds is 7. The van der Waals surface area contributed by atoms with Crippen LogP contribution in [-0.4, -0.2) is 14.3 Å². The van der Waals surface area contributed by atoms with Crippen molar-refractivity contribution in [2.75, 3.05) is 4.72 Å². The molecule has 0 saturated carbocycles. The fourth-order valence-corrected chi connectivity index (χ4v) is 4.60. The molecule has 162 valence electrons. The van der Waals surface area contributed by atoms with Crippen molar-refractivity contribution in [1.82, 2.24) is 5.32 Å². The van der Waals surface area contributed by atoms with E-state index in [9.17, 15) is 13.2 Å². The molecule has 0 bridgehead atoms. The summed E-state index contributed by atoms with van der Waals surface area (Å²) >= 11 is 0. The molecule has 2 N–H and O–H groups in total. The van der Waals surface area contributed by atoms with Crippen molar-refractivity contribution >= 4 is 21.6 Å². The predicted octanol–water partition coefficient (Wildman–Crippen LogP) is 5.29. The number of amides is 1. The van der Waals surface area contributed by atoms with Crippen molar-refractivity contribution in [3.8, 4) is 0 Å². The second-order valence-electron chi connectivity index (χ2n) is 7.79. The molecule has 0 fully saturated rings. The molecule has 3 rings (SSSR count). The smallest absolute Gasteiger partial charge is 0.261 e. The number of sulfonamides is 1. The molecule has 0 saturated heterocycles. The lowest BCUT2D eigenvalue weighted by Crippen LogP contribution is -2.29. The highest BCUT2D eigenvalue weighted by Gasteiger charge is 2.19. The highest BCUT2D eigenvalue weighted by Crippen LogP contribution is 2.23. The minimum Gasteiger partial charge on any atom is -0.345 e. The summed E-state index contributed by atoms with van der Waals surface area (Å²) in [5.74, 6) is -0.306. The first kappa shape index (κ1) is 22.6. The molecule has 0 unspecified atom stereocenters. The SMILES string of the molecule is CC[C@H](NC(=O)c1cccc(S(=O)(=O)Nc2ccc(C)cc2)c1)c1ccc(C)cc1C. The highest BCUT2D eigenvalue weighted by molar-refractivity contribution is 7.92. The van der Waals surface area contributed by atoms with Crippen molar-refractivity contribution in [3.63, 3.8) is 0 Å². The van der Waals surface area contributed by atoms with Crippen LogP contribution in [0.25, 0.3) is 0 Å². The molecule has 0 radical (unpaired) electrons. The fraction of sp³-hybridized carbons (Fsp3) is 0.240. The van der Waals surface area contributed by atoms with Crippen LogP contribution in [0.4, 0.5) is 5.69 Å². The standard InChI is InChI=1S/C25H28N2O3S/c1-5-24(23-14-11-18(3)15-19(23)4)26-25(28)20-7-6-8-22(16-20)31(29,30)27-21-12-9-17(2)10-13-21/h6-16,24,27H,5H2,1-4H3,(H,26,28)/t24-/m0/s1. The van der Waals surface area contributed by atoms with Gasteiger partial charge < -0.3 is 5.32 Å². The Balaban J connectivity index is 1.81. The molecular formula is C25H28N2O3S. The summed E-state index contributed by atoms with van der Waals surface area (Å²) in [4.78, 5) is 13.0. The van der Waals surface area contributed by atoms with Crippen molar-refractivity contribution in [3.05, 3.63) is 94.5 Å². The third-order valence-corrected chi connectivity index (χ3v) is 6.60. The van der Waals surface area contributed by atoms with E-state index < -0.39 is 10.0 Å². The lowest BCUT2D eigenvalue weighted by Gasteiger charge is -2.20. The summed E-state index contributed by atoms with van der Waals surface area (Å²) in [6, 6.07) is 19.2. The van der Waals surface area contributed by atoms with E-state index in [1.165, 1.54) is 17.7 Å². The maximum atomic E-state index is 12.9. The molecule has 1 atom stereocenters. The van der Waals surface area contributed by atoms with Crippen LogP contribution < -0.4 is 10.0 Å². The monoisotopic (exact) mass is 436 g/mol. The van der Waals surface area contributed by atoms with Gasteiger partial charge in [0.05, 0.1) is 10.9 Å². The zero-order chi connectivity index (χ0) is 22.6. The van der Waals surface area contributed by atoms with Gasteiger partial charge in [-0.3, -0.25) is 9.52 Å². The van der Waals surface area contributed by atoms with Crippen molar-refractivity contribution in [2.45, 2.75) is 45.1 Å². The third kappa shape index (κ3) is 5.52. The van der Waals surface area contributed by atoms with Crippen molar-refractivity contribution < 1.29 is 13.2 Å². The van der Waals surface area contributed by atoms with Gasteiger partial charge in [-0.15, -0.1) is 0 Å². The van der Waals surface area contributed by atoms with Gasteiger partial charge in [0.2, 0.25) is 0 Å². The molecular weight excluding hydrogens is 408 g/mol.